The van der Waals surface area contributed by atoms with Crippen molar-refractivity contribution >= 4 is 11.9 Å². The maximum absolute atomic E-state index is 12.9. The van der Waals surface area contributed by atoms with Crippen LogP contribution in [0.2, 0.25) is 0 Å². The molecule has 2 aromatic heterocycles. The van der Waals surface area contributed by atoms with Crippen LogP contribution in [0.25, 0.3) is 0 Å². The quantitative estimate of drug-likeness (QED) is 0.872. The minimum absolute atomic E-state index is 0.0877. The molecule has 7 nitrogen and oxygen atoms in total. The third kappa shape index (κ3) is 3.24. The van der Waals surface area contributed by atoms with Crippen LogP contribution in [0.5, 0.6) is 0 Å². The van der Waals surface area contributed by atoms with Gasteiger partial charge in [0, 0.05) is 31.1 Å². The number of ether oxygens (including phenoxy) is 1. The third-order valence-electron chi connectivity index (χ3n) is 5.13. The lowest BCUT2D eigenvalue weighted by Gasteiger charge is -2.50. The van der Waals surface area contributed by atoms with E-state index < -0.39 is 5.82 Å². The monoisotopic (exact) mass is 357 g/mol. The van der Waals surface area contributed by atoms with Crippen LogP contribution in [0.3, 0.4) is 0 Å². The number of aromatic nitrogens is 3. The van der Waals surface area contributed by atoms with Gasteiger partial charge in [0.15, 0.2) is 5.82 Å². The van der Waals surface area contributed by atoms with Crippen molar-refractivity contribution < 1.29 is 13.9 Å². The van der Waals surface area contributed by atoms with E-state index in [0.717, 1.165) is 19.4 Å². The number of halogens is 1. The van der Waals surface area contributed by atoms with Gasteiger partial charge in [-0.15, -0.1) is 0 Å². The fraction of sp³-hybridized carbons (Fsp3) is 0.444. The first-order valence-electron chi connectivity index (χ1n) is 8.71. The minimum Gasteiger partial charge on any atom is -0.371 e. The standard InChI is InChI=1S/C18H20FN5O2/c19-15-9-22-17(23-10-15)24-11-18(12-24)14(4-8-26-18)3-7-21-16(25)13-1-5-20-6-2-13/h1-2,5-6,9-10,14H,3-4,7-8,11-12H2,(H,21,25)/t14-/m0/s1. The Hall–Kier alpha value is -2.61. The number of nitrogens with zero attached hydrogens (tertiary/aromatic N) is 4. The van der Waals surface area contributed by atoms with Crippen LogP contribution in [0, 0.1) is 11.7 Å². The van der Waals surface area contributed by atoms with Gasteiger partial charge in [-0.2, -0.15) is 0 Å². The van der Waals surface area contributed by atoms with E-state index in [0.29, 0.717) is 37.1 Å². The van der Waals surface area contributed by atoms with Gasteiger partial charge in [0.2, 0.25) is 5.95 Å². The number of pyridine rings is 1. The van der Waals surface area contributed by atoms with E-state index in [-0.39, 0.29) is 11.5 Å². The van der Waals surface area contributed by atoms with E-state index in [2.05, 4.69) is 20.3 Å². The summed E-state index contributed by atoms with van der Waals surface area (Å²) in [6.07, 6.45) is 7.40. The maximum Gasteiger partial charge on any atom is 0.251 e. The number of amides is 1. The number of nitrogens with one attached hydrogen (secondary N) is 1. The number of anilines is 1. The molecule has 4 heterocycles. The summed E-state index contributed by atoms with van der Waals surface area (Å²) in [6, 6.07) is 3.39. The molecule has 2 saturated heterocycles. The molecule has 26 heavy (non-hydrogen) atoms. The van der Waals surface area contributed by atoms with Gasteiger partial charge in [0.25, 0.3) is 5.91 Å². The summed E-state index contributed by atoms with van der Waals surface area (Å²) >= 11 is 0. The van der Waals surface area contributed by atoms with Crippen LogP contribution in [0.4, 0.5) is 10.3 Å². The fourth-order valence-corrected chi connectivity index (χ4v) is 3.72. The van der Waals surface area contributed by atoms with Crippen molar-refractivity contribution in [2.75, 3.05) is 31.1 Å². The zero-order valence-corrected chi connectivity index (χ0v) is 14.3. The summed E-state index contributed by atoms with van der Waals surface area (Å²) in [6.45, 7) is 2.72. The lowest BCUT2D eigenvalue weighted by Crippen LogP contribution is -2.65. The Labute approximate surface area is 150 Å². The molecule has 2 aliphatic rings. The highest BCUT2D eigenvalue weighted by atomic mass is 19.1. The number of hydrogen-bond acceptors (Lipinski definition) is 6. The van der Waals surface area contributed by atoms with Gasteiger partial charge in [0.05, 0.1) is 25.5 Å². The van der Waals surface area contributed by atoms with E-state index in [9.17, 15) is 9.18 Å². The first-order chi connectivity index (χ1) is 12.7. The summed E-state index contributed by atoms with van der Waals surface area (Å²) in [4.78, 5) is 26.1. The van der Waals surface area contributed by atoms with Crippen LogP contribution in [-0.4, -0.2) is 52.7 Å². The van der Waals surface area contributed by atoms with Crippen molar-refractivity contribution in [1.82, 2.24) is 20.3 Å². The van der Waals surface area contributed by atoms with E-state index >= 15 is 0 Å². The zero-order chi connectivity index (χ0) is 18.0. The fourth-order valence-electron chi connectivity index (χ4n) is 3.72. The normalized spacial score (nSPS) is 20.8. The second-order valence-electron chi connectivity index (χ2n) is 6.74. The van der Waals surface area contributed by atoms with Gasteiger partial charge in [-0.3, -0.25) is 9.78 Å². The molecule has 136 valence electrons. The highest BCUT2D eigenvalue weighted by Gasteiger charge is 2.53. The third-order valence-corrected chi connectivity index (χ3v) is 5.13. The summed E-state index contributed by atoms with van der Waals surface area (Å²) in [5, 5.41) is 2.96. The van der Waals surface area contributed by atoms with Crippen LogP contribution >= 0.6 is 0 Å². The molecule has 2 aliphatic heterocycles. The lowest BCUT2D eigenvalue weighted by atomic mass is 9.79. The SMILES string of the molecule is O=C(NCC[C@H]1CCOC12CN(c1ncc(F)cn1)C2)c1ccncc1. The molecule has 0 aromatic carbocycles. The first-order valence-corrected chi connectivity index (χ1v) is 8.71. The molecule has 0 saturated carbocycles. The number of hydrogen-bond donors (Lipinski definition) is 1. The summed E-state index contributed by atoms with van der Waals surface area (Å²) in [5.74, 6) is 0.369. The number of carbonyl (C=O) groups is 1. The Bertz CT molecular complexity index is 765. The molecule has 1 N–H and O–H groups in total. The highest BCUT2D eigenvalue weighted by molar-refractivity contribution is 5.93. The largest absolute Gasteiger partial charge is 0.371 e. The van der Waals surface area contributed by atoms with E-state index in [1.807, 2.05) is 4.90 Å². The molecule has 1 atom stereocenters. The van der Waals surface area contributed by atoms with Crippen molar-refractivity contribution in [1.29, 1.82) is 0 Å². The van der Waals surface area contributed by atoms with E-state index in [1.54, 1.807) is 24.5 Å². The van der Waals surface area contributed by atoms with Gasteiger partial charge in [0.1, 0.15) is 5.60 Å². The Morgan fingerprint density at radius 1 is 1.31 bits per heavy atom. The molecule has 2 fully saturated rings. The second kappa shape index (κ2) is 6.95. The molecule has 0 radical (unpaired) electrons. The van der Waals surface area contributed by atoms with E-state index in [1.165, 1.54) is 12.4 Å². The lowest BCUT2D eigenvalue weighted by molar-refractivity contribution is -0.0459. The summed E-state index contributed by atoms with van der Waals surface area (Å²) in [5.41, 5.74) is 0.403. The van der Waals surface area contributed by atoms with Gasteiger partial charge >= 0.3 is 0 Å². The molecule has 1 spiro atoms. The van der Waals surface area contributed by atoms with E-state index in [4.69, 9.17) is 4.74 Å². The molecule has 1 amide bonds. The summed E-state index contributed by atoms with van der Waals surface area (Å²) in [7, 11) is 0. The average Bonchev–Trinajstić information content (AvgIpc) is 3.06. The van der Waals surface area contributed by atoms with Gasteiger partial charge < -0.3 is 15.0 Å². The Morgan fingerprint density at radius 3 is 2.77 bits per heavy atom. The Morgan fingerprint density at radius 2 is 2.04 bits per heavy atom. The predicted octanol–water partition coefficient (Wildman–Crippen LogP) is 1.43. The minimum atomic E-state index is -0.441. The van der Waals surface area contributed by atoms with Crippen molar-refractivity contribution in [2.24, 2.45) is 5.92 Å². The predicted molar refractivity (Wildman–Crippen MR) is 92.2 cm³/mol. The van der Waals surface area contributed by atoms with Crippen molar-refractivity contribution in [2.45, 2.75) is 18.4 Å². The molecule has 8 heteroatoms. The van der Waals surface area contributed by atoms with Crippen LogP contribution in [0.15, 0.2) is 36.9 Å². The first kappa shape index (κ1) is 16.8. The van der Waals surface area contributed by atoms with Crippen molar-refractivity contribution in [3.63, 3.8) is 0 Å². The molecule has 0 unspecified atom stereocenters. The molecule has 2 aromatic rings. The van der Waals surface area contributed by atoms with Crippen LogP contribution in [-0.2, 0) is 4.74 Å². The molecule has 0 aliphatic carbocycles. The van der Waals surface area contributed by atoms with Gasteiger partial charge in [-0.25, -0.2) is 14.4 Å². The van der Waals surface area contributed by atoms with Gasteiger partial charge in [-0.1, -0.05) is 0 Å². The number of rotatable bonds is 5. The Balaban J connectivity index is 1.29. The molecule has 0 bridgehead atoms. The van der Waals surface area contributed by atoms with Gasteiger partial charge in [-0.05, 0) is 30.9 Å². The van der Waals surface area contributed by atoms with Crippen LogP contribution < -0.4 is 10.2 Å². The zero-order valence-electron chi connectivity index (χ0n) is 14.3. The average molecular weight is 357 g/mol. The smallest absolute Gasteiger partial charge is 0.251 e. The number of carbonyl (C=O) groups excluding carboxylic acids is 1. The topological polar surface area (TPSA) is 80.2 Å². The molecular formula is C18H20FN5O2. The Kier molecular flexibility index (Phi) is 4.50. The highest BCUT2D eigenvalue weighted by Crippen LogP contribution is 2.42. The maximum atomic E-state index is 12.9. The molecule has 4 rings (SSSR count). The van der Waals surface area contributed by atoms with Crippen LogP contribution in [0.1, 0.15) is 23.2 Å². The van der Waals surface area contributed by atoms with Crippen molar-refractivity contribution in [3.8, 4) is 0 Å². The second-order valence-corrected chi connectivity index (χ2v) is 6.74. The van der Waals surface area contributed by atoms with Crippen molar-refractivity contribution in [3.05, 3.63) is 48.3 Å². The molecular weight excluding hydrogens is 337 g/mol. The summed E-state index contributed by atoms with van der Waals surface area (Å²) < 4.78 is 19.0.